The molecule has 0 aromatic heterocycles. The Hall–Kier alpha value is -0.810. The minimum absolute atomic E-state index is 0.0479. The molecular weight excluding hydrogens is 206 g/mol. The van der Waals surface area contributed by atoms with Crippen LogP contribution >= 0.6 is 0 Å². The highest BCUT2D eigenvalue weighted by molar-refractivity contribution is 5.81. The molecular formula is C11H21N3O2. The van der Waals surface area contributed by atoms with Crippen LogP contribution in [-0.4, -0.2) is 47.8 Å². The number of hydrogen-bond donors (Lipinski definition) is 2. The lowest BCUT2D eigenvalue weighted by Crippen LogP contribution is -2.53. The zero-order valence-corrected chi connectivity index (χ0v) is 9.69. The number of nitrogens with two attached hydrogens (primary N) is 1. The Balaban J connectivity index is 1.92. The summed E-state index contributed by atoms with van der Waals surface area (Å²) in [6.07, 6.45) is 5.89. The molecule has 0 aliphatic carbocycles. The molecule has 1 atom stereocenters. The largest absolute Gasteiger partial charge is 0.409 e. The Labute approximate surface area is 96.2 Å². The van der Waals surface area contributed by atoms with Gasteiger partial charge in [0.25, 0.3) is 0 Å². The van der Waals surface area contributed by atoms with Gasteiger partial charge in [-0.3, -0.25) is 4.90 Å². The second-order valence-electron chi connectivity index (χ2n) is 4.89. The van der Waals surface area contributed by atoms with Gasteiger partial charge in [-0.2, -0.15) is 0 Å². The maximum Gasteiger partial charge on any atom is 0.153 e. The molecule has 1 spiro atoms. The van der Waals surface area contributed by atoms with Gasteiger partial charge in [0.2, 0.25) is 0 Å². The van der Waals surface area contributed by atoms with Gasteiger partial charge in [-0.1, -0.05) is 5.16 Å². The van der Waals surface area contributed by atoms with E-state index in [1.54, 1.807) is 0 Å². The molecule has 2 heterocycles. The fraction of sp³-hybridized carbons (Fsp3) is 0.909. The van der Waals surface area contributed by atoms with Crippen LogP contribution in [0.25, 0.3) is 0 Å². The van der Waals surface area contributed by atoms with Gasteiger partial charge < -0.3 is 15.7 Å². The number of hydrogen-bond acceptors (Lipinski definition) is 4. The number of oxime groups is 1. The number of nitrogens with zero attached hydrogens (tertiary/aromatic N) is 2. The first kappa shape index (κ1) is 11.7. The lowest BCUT2D eigenvalue weighted by molar-refractivity contribution is -0.114. The molecule has 0 radical (unpaired) electrons. The van der Waals surface area contributed by atoms with Crippen molar-refractivity contribution in [3.05, 3.63) is 0 Å². The van der Waals surface area contributed by atoms with Crippen molar-refractivity contribution in [3.8, 4) is 0 Å². The van der Waals surface area contributed by atoms with E-state index < -0.39 is 0 Å². The summed E-state index contributed by atoms with van der Waals surface area (Å²) < 4.78 is 5.97. The van der Waals surface area contributed by atoms with Gasteiger partial charge in [-0.15, -0.1) is 0 Å². The zero-order valence-electron chi connectivity index (χ0n) is 9.69. The van der Waals surface area contributed by atoms with Crippen LogP contribution < -0.4 is 5.73 Å². The Kier molecular flexibility index (Phi) is 3.66. The van der Waals surface area contributed by atoms with Crippen molar-refractivity contribution >= 4 is 5.84 Å². The van der Waals surface area contributed by atoms with Gasteiger partial charge in [0, 0.05) is 13.2 Å². The molecule has 0 unspecified atom stereocenters. The first-order chi connectivity index (χ1) is 7.74. The highest BCUT2D eigenvalue weighted by Crippen LogP contribution is 2.33. The number of ether oxygens (including phenoxy) is 1. The van der Waals surface area contributed by atoms with E-state index in [4.69, 9.17) is 15.7 Å². The van der Waals surface area contributed by atoms with E-state index in [0.717, 1.165) is 39.0 Å². The van der Waals surface area contributed by atoms with Crippen LogP contribution in [-0.2, 0) is 4.74 Å². The van der Waals surface area contributed by atoms with Crippen LogP contribution in [0.15, 0.2) is 5.16 Å². The number of rotatable bonds is 2. The van der Waals surface area contributed by atoms with E-state index in [0.29, 0.717) is 6.54 Å². The number of piperidine rings is 1. The Bertz CT molecular complexity index is 256. The molecule has 2 rings (SSSR count). The second kappa shape index (κ2) is 5.01. The predicted molar refractivity (Wildman–Crippen MR) is 61.6 cm³/mol. The molecule has 2 fully saturated rings. The summed E-state index contributed by atoms with van der Waals surface area (Å²) >= 11 is 0. The maximum absolute atomic E-state index is 8.57. The standard InChI is InChI=1S/C11H21N3O2/c12-10(13-15)8-14-6-3-5-11(9-14)4-1-2-7-16-11/h15H,1-9H2,(H2,12,13)/t11-/m1/s1. The van der Waals surface area contributed by atoms with E-state index >= 15 is 0 Å². The molecule has 0 aromatic carbocycles. The third-order valence-corrected chi connectivity index (χ3v) is 3.57. The maximum atomic E-state index is 8.57. The quantitative estimate of drug-likeness (QED) is 0.316. The second-order valence-corrected chi connectivity index (χ2v) is 4.89. The van der Waals surface area contributed by atoms with E-state index in [-0.39, 0.29) is 11.4 Å². The van der Waals surface area contributed by atoms with E-state index in [1.165, 1.54) is 12.8 Å². The monoisotopic (exact) mass is 227 g/mol. The summed E-state index contributed by atoms with van der Waals surface area (Å²) in [5.74, 6) is 0.285. The molecule has 2 aliphatic heterocycles. The van der Waals surface area contributed by atoms with Crippen molar-refractivity contribution in [3.63, 3.8) is 0 Å². The smallest absolute Gasteiger partial charge is 0.153 e. The average molecular weight is 227 g/mol. The van der Waals surface area contributed by atoms with Gasteiger partial charge in [0.15, 0.2) is 5.84 Å². The molecule has 0 bridgehead atoms. The number of amidine groups is 1. The average Bonchev–Trinajstić information content (AvgIpc) is 2.30. The molecule has 16 heavy (non-hydrogen) atoms. The predicted octanol–water partition coefficient (Wildman–Crippen LogP) is 0.768. The molecule has 5 nitrogen and oxygen atoms in total. The highest BCUT2D eigenvalue weighted by atomic mass is 16.5. The first-order valence-corrected chi connectivity index (χ1v) is 6.07. The van der Waals surface area contributed by atoms with Crippen molar-refractivity contribution in [1.29, 1.82) is 0 Å². The summed E-state index contributed by atoms with van der Waals surface area (Å²) in [6.45, 7) is 3.36. The molecule has 0 saturated carbocycles. The fourth-order valence-corrected chi connectivity index (χ4v) is 2.82. The van der Waals surface area contributed by atoms with Crippen molar-refractivity contribution in [2.45, 2.75) is 37.7 Å². The normalized spacial score (nSPS) is 33.1. The molecule has 2 aliphatic rings. The van der Waals surface area contributed by atoms with Crippen LogP contribution in [0.5, 0.6) is 0 Å². The van der Waals surface area contributed by atoms with Crippen LogP contribution in [0.2, 0.25) is 0 Å². The van der Waals surface area contributed by atoms with E-state index in [2.05, 4.69) is 10.1 Å². The van der Waals surface area contributed by atoms with Crippen molar-refractivity contribution < 1.29 is 9.94 Å². The summed E-state index contributed by atoms with van der Waals surface area (Å²) in [5, 5.41) is 11.6. The van der Waals surface area contributed by atoms with Gasteiger partial charge in [-0.05, 0) is 38.6 Å². The molecule has 92 valence electrons. The van der Waals surface area contributed by atoms with Crippen LogP contribution in [0, 0.1) is 0 Å². The lowest BCUT2D eigenvalue weighted by atomic mass is 9.86. The summed E-state index contributed by atoms with van der Waals surface area (Å²) in [4.78, 5) is 2.23. The van der Waals surface area contributed by atoms with Crippen molar-refractivity contribution in [2.24, 2.45) is 10.9 Å². The van der Waals surface area contributed by atoms with E-state index in [1.807, 2.05) is 0 Å². The van der Waals surface area contributed by atoms with Crippen LogP contribution in [0.3, 0.4) is 0 Å². The highest BCUT2D eigenvalue weighted by Gasteiger charge is 2.37. The number of likely N-dealkylation sites (tertiary alicyclic amines) is 1. The Morgan fingerprint density at radius 1 is 1.38 bits per heavy atom. The Morgan fingerprint density at radius 2 is 2.19 bits per heavy atom. The van der Waals surface area contributed by atoms with Crippen LogP contribution in [0.1, 0.15) is 32.1 Å². The van der Waals surface area contributed by atoms with Crippen LogP contribution in [0.4, 0.5) is 0 Å². The van der Waals surface area contributed by atoms with Gasteiger partial charge in [-0.25, -0.2) is 0 Å². The minimum atomic E-state index is 0.0479. The van der Waals surface area contributed by atoms with Gasteiger partial charge in [0.05, 0.1) is 12.1 Å². The third kappa shape index (κ3) is 2.65. The molecule has 2 saturated heterocycles. The van der Waals surface area contributed by atoms with Gasteiger partial charge in [0.1, 0.15) is 0 Å². The van der Waals surface area contributed by atoms with E-state index in [9.17, 15) is 0 Å². The fourth-order valence-electron chi connectivity index (χ4n) is 2.82. The zero-order chi connectivity index (χ0) is 11.4. The molecule has 3 N–H and O–H groups in total. The third-order valence-electron chi connectivity index (χ3n) is 3.57. The minimum Gasteiger partial charge on any atom is -0.409 e. The van der Waals surface area contributed by atoms with Gasteiger partial charge >= 0.3 is 0 Å². The SMILES string of the molecule is NC(CN1CCC[C@]2(CCCCO2)C1)=NO. The summed E-state index contributed by atoms with van der Waals surface area (Å²) in [7, 11) is 0. The summed E-state index contributed by atoms with van der Waals surface area (Å²) in [5.41, 5.74) is 5.59. The summed E-state index contributed by atoms with van der Waals surface area (Å²) in [6, 6.07) is 0. The molecule has 5 heteroatoms. The van der Waals surface area contributed by atoms with Crippen molar-refractivity contribution in [2.75, 3.05) is 26.2 Å². The lowest BCUT2D eigenvalue weighted by Gasteiger charge is -2.44. The first-order valence-electron chi connectivity index (χ1n) is 6.07. The Morgan fingerprint density at radius 3 is 2.88 bits per heavy atom. The molecule has 0 amide bonds. The van der Waals surface area contributed by atoms with Crippen molar-refractivity contribution in [1.82, 2.24) is 4.90 Å². The topological polar surface area (TPSA) is 71.1 Å². The molecule has 0 aromatic rings.